The van der Waals surface area contributed by atoms with E-state index in [9.17, 15) is 4.21 Å². The number of nitrogens with one attached hydrogen (secondary N) is 1. The largest absolute Gasteiger partial charge is 0.319 e. The SMILES string of the molecule is CNC[C@@H](CCN1CCC(N2CCCCC2c2ccccc2S(C)=O)CC1)c1ccc(Cl)c(Cl)c1. The molecule has 0 saturated carbocycles. The zero-order chi connectivity index (χ0) is 24.8. The summed E-state index contributed by atoms with van der Waals surface area (Å²) in [5.74, 6) is 0.422. The third-order valence-electron chi connectivity index (χ3n) is 7.82. The summed E-state index contributed by atoms with van der Waals surface area (Å²) in [4.78, 5) is 6.39. The minimum Gasteiger partial charge on any atom is -0.319 e. The van der Waals surface area contributed by atoms with Crippen molar-refractivity contribution < 1.29 is 4.21 Å². The Kier molecular flexibility index (Phi) is 10.1. The lowest BCUT2D eigenvalue weighted by Crippen LogP contribution is -2.48. The Balaban J connectivity index is 1.36. The highest BCUT2D eigenvalue weighted by Gasteiger charge is 2.33. The Morgan fingerprint density at radius 2 is 1.80 bits per heavy atom. The molecule has 3 atom stereocenters. The van der Waals surface area contributed by atoms with E-state index in [1.807, 2.05) is 31.5 Å². The number of nitrogens with zero attached hydrogens (tertiary/aromatic N) is 2. The molecule has 0 aliphatic carbocycles. The maximum absolute atomic E-state index is 12.4. The van der Waals surface area contributed by atoms with Crippen molar-refractivity contribution in [2.75, 3.05) is 46.0 Å². The second-order valence-electron chi connectivity index (χ2n) is 10.0. The average Bonchev–Trinajstić information content (AvgIpc) is 2.88. The topological polar surface area (TPSA) is 35.6 Å². The molecule has 2 aliphatic rings. The molecule has 0 bridgehead atoms. The monoisotopic (exact) mass is 535 g/mol. The first kappa shape index (κ1) is 27.1. The van der Waals surface area contributed by atoms with Crippen LogP contribution in [0, 0.1) is 0 Å². The van der Waals surface area contributed by atoms with Gasteiger partial charge in [-0.15, -0.1) is 0 Å². The molecule has 4 nitrogen and oxygen atoms in total. The van der Waals surface area contributed by atoms with Crippen LogP contribution in [0.15, 0.2) is 47.4 Å². The molecule has 4 rings (SSSR count). The van der Waals surface area contributed by atoms with Gasteiger partial charge in [-0.2, -0.15) is 0 Å². The van der Waals surface area contributed by atoms with Gasteiger partial charge in [0, 0.05) is 29.8 Å². The smallest absolute Gasteiger partial charge is 0.0595 e. The lowest BCUT2D eigenvalue weighted by molar-refractivity contribution is 0.0481. The minimum atomic E-state index is -0.951. The number of benzene rings is 2. The number of rotatable bonds is 9. The molecule has 2 fully saturated rings. The van der Waals surface area contributed by atoms with Crippen molar-refractivity contribution in [3.8, 4) is 0 Å². The van der Waals surface area contributed by atoms with Crippen LogP contribution in [0.1, 0.15) is 61.6 Å². The van der Waals surface area contributed by atoms with Gasteiger partial charge >= 0.3 is 0 Å². The summed E-state index contributed by atoms with van der Waals surface area (Å²) in [6.45, 7) is 5.47. The molecule has 2 aromatic rings. The molecule has 0 spiro atoms. The van der Waals surface area contributed by atoms with Crippen molar-refractivity contribution in [2.45, 2.75) is 61.4 Å². The average molecular weight is 537 g/mol. The molecular formula is C28H39Cl2N3OS. The highest BCUT2D eigenvalue weighted by molar-refractivity contribution is 7.84. The van der Waals surface area contributed by atoms with Crippen molar-refractivity contribution >= 4 is 34.0 Å². The van der Waals surface area contributed by atoms with E-state index < -0.39 is 10.8 Å². The van der Waals surface area contributed by atoms with Crippen molar-refractivity contribution in [2.24, 2.45) is 0 Å². The van der Waals surface area contributed by atoms with Gasteiger partial charge in [0.2, 0.25) is 0 Å². The van der Waals surface area contributed by atoms with Crippen LogP contribution in [-0.2, 0) is 10.8 Å². The van der Waals surface area contributed by atoms with Crippen LogP contribution in [0.25, 0.3) is 0 Å². The number of hydrogen-bond donors (Lipinski definition) is 1. The zero-order valence-electron chi connectivity index (χ0n) is 21.0. The number of likely N-dealkylation sites (N-methyl/N-ethyl adjacent to an activating group) is 1. The summed E-state index contributed by atoms with van der Waals surface area (Å²) in [6.07, 6.45) is 9.02. The van der Waals surface area contributed by atoms with Crippen LogP contribution < -0.4 is 5.32 Å². The van der Waals surface area contributed by atoms with Crippen LogP contribution in [0.3, 0.4) is 0 Å². The van der Waals surface area contributed by atoms with Gasteiger partial charge in [-0.1, -0.05) is 53.9 Å². The highest BCUT2D eigenvalue weighted by Crippen LogP contribution is 2.37. The van der Waals surface area contributed by atoms with Crippen molar-refractivity contribution in [1.29, 1.82) is 0 Å². The fourth-order valence-corrected chi connectivity index (χ4v) is 7.07. The van der Waals surface area contributed by atoms with Crippen LogP contribution >= 0.6 is 23.2 Å². The van der Waals surface area contributed by atoms with E-state index in [4.69, 9.17) is 23.2 Å². The third kappa shape index (κ3) is 6.88. The Morgan fingerprint density at radius 3 is 2.51 bits per heavy atom. The number of piperidine rings is 2. The quantitative estimate of drug-likeness (QED) is 0.419. The second kappa shape index (κ2) is 13.0. The molecule has 192 valence electrons. The van der Waals surface area contributed by atoms with Crippen molar-refractivity contribution in [3.05, 3.63) is 63.6 Å². The Labute approximate surface area is 223 Å². The zero-order valence-corrected chi connectivity index (χ0v) is 23.3. The Hall–Kier alpha value is -0.950. The van der Waals surface area contributed by atoms with Crippen molar-refractivity contribution in [1.82, 2.24) is 15.1 Å². The molecular weight excluding hydrogens is 497 g/mol. The van der Waals surface area contributed by atoms with Crippen molar-refractivity contribution in [3.63, 3.8) is 0 Å². The maximum Gasteiger partial charge on any atom is 0.0595 e. The minimum absolute atomic E-state index is 0.398. The van der Waals surface area contributed by atoms with E-state index >= 15 is 0 Å². The molecule has 2 saturated heterocycles. The summed E-state index contributed by atoms with van der Waals surface area (Å²) in [5, 5.41) is 4.60. The van der Waals surface area contributed by atoms with Gasteiger partial charge in [-0.05, 0) is 101 Å². The van der Waals surface area contributed by atoms with Gasteiger partial charge in [0.05, 0.1) is 20.8 Å². The van der Waals surface area contributed by atoms with Crippen LogP contribution in [-0.4, -0.2) is 66.1 Å². The standard InChI is InChI=1S/C28H39Cl2N3OS/c1-31-20-22(21-10-11-25(29)26(30)19-21)12-16-32-17-13-23(14-18-32)33-15-6-5-8-27(33)24-7-3-4-9-28(24)35(2)34/h3-4,7,9-11,19,22-23,27,31H,5-6,8,12-18,20H2,1-2H3/t22-,27?,35?/m1/s1. The lowest BCUT2D eigenvalue weighted by Gasteiger charge is -2.45. The number of likely N-dealkylation sites (tertiary alicyclic amines) is 2. The van der Waals surface area contributed by atoms with Gasteiger partial charge in [0.15, 0.2) is 0 Å². The van der Waals surface area contributed by atoms with E-state index in [-0.39, 0.29) is 0 Å². The van der Waals surface area contributed by atoms with E-state index in [2.05, 4.69) is 39.4 Å². The highest BCUT2D eigenvalue weighted by atomic mass is 35.5. The maximum atomic E-state index is 12.4. The third-order valence-corrected chi connectivity index (χ3v) is 9.55. The van der Waals surface area contributed by atoms with E-state index in [0.717, 1.165) is 44.0 Å². The first-order chi connectivity index (χ1) is 17.0. The molecule has 35 heavy (non-hydrogen) atoms. The van der Waals surface area contributed by atoms with Gasteiger partial charge in [-0.25, -0.2) is 0 Å². The predicted molar refractivity (Wildman–Crippen MR) is 149 cm³/mol. The first-order valence-electron chi connectivity index (χ1n) is 13.0. The van der Waals surface area contributed by atoms with Crippen LogP contribution in [0.2, 0.25) is 10.0 Å². The normalized spacial score (nSPS) is 22.2. The molecule has 7 heteroatoms. The summed E-state index contributed by atoms with van der Waals surface area (Å²) >= 11 is 12.4. The molecule has 0 amide bonds. The van der Waals surface area contributed by atoms with Gasteiger partial charge in [-0.3, -0.25) is 9.11 Å². The second-order valence-corrected chi connectivity index (χ2v) is 12.2. The summed E-state index contributed by atoms with van der Waals surface area (Å²) in [6, 6.07) is 15.4. The van der Waals surface area contributed by atoms with E-state index in [1.54, 1.807) is 0 Å². The molecule has 0 aromatic heterocycles. The summed E-state index contributed by atoms with van der Waals surface area (Å²) < 4.78 is 12.4. The van der Waals surface area contributed by atoms with E-state index in [1.165, 1.54) is 43.2 Å². The lowest BCUT2D eigenvalue weighted by atomic mass is 9.90. The fourth-order valence-electron chi connectivity index (χ4n) is 5.95. The van der Waals surface area contributed by atoms with Crippen LogP contribution in [0.5, 0.6) is 0 Å². The summed E-state index contributed by atoms with van der Waals surface area (Å²) in [7, 11) is 1.06. The molecule has 0 radical (unpaired) electrons. The van der Waals surface area contributed by atoms with Crippen LogP contribution in [0.4, 0.5) is 0 Å². The summed E-state index contributed by atoms with van der Waals surface area (Å²) in [5.41, 5.74) is 2.54. The molecule has 1 N–H and O–H groups in total. The number of halogens is 2. The molecule has 2 aliphatic heterocycles. The Morgan fingerprint density at radius 1 is 1.03 bits per heavy atom. The predicted octanol–water partition coefficient (Wildman–Crippen LogP) is 6.12. The first-order valence-corrected chi connectivity index (χ1v) is 15.3. The Bertz CT molecular complexity index is 996. The molecule has 2 heterocycles. The number of hydrogen-bond acceptors (Lipinski definition) is 4. The van der Waals surface area contributed by atoms with E-state index in [0.29, 0.717) is 28.0 Å². The van der Waals surface area contributed by atoms with Gasteiger partial charge in [0.25, 0.3) is 0 Å². The molecule has 2 aromatic carbocycles. The van der Waals surface area contributed by atoms with Gasteiger partial charge in [0.1, 0.15) is 0 Å². The van der Waals surface area contributed by atoms with Gasteiger partial charge < -0.3 is 10.2 Å². The molecule has 2 unspecified atom stereocenters. The fraction of sp³-hybridized carbons (Fsp3) is 0.571.